The van der Waals surface area contributed by atoms with Gasteiger partial charge in [0.15, 0.2) is 11.5 Å². The first kappa shape index (κ1) is 16.8. The summed E-state index contributed by atoms with van der Waals surface area (Å²) in [6.45, 7) is 4.15. The van der Waals surface area contributed by atoms with Crippen molar-refractivity contribution in [2.45, 2.75) is 25.8 Å². The summed E-state index contributed by atoms with van der Waals surface area (Å²) >= 11 is 0. The van der Waals surface area contributed by atoms with E-state index in [1.165, 1.54) is 0 Å². The summed E-state index contributed by atoms with van der Waals surface area (Å²) < 4.78 is 10.6. The molecule has 0 aliphatic heterocycles. The molecule has 0 radical (unpaired) electrons. The molecule has 0 saturated carbocycles. The molecule has 0 spiro atoms. The van der Waals surface area contributed by atoms with E-state index in [0.29, 0.717) is 18.0 Å². The van der Waals surface area contributed by atoms with Crippen LogP contribution >= 0.6 is 0 Å². The molecule has 5 nitrogen and oxygen atoms in total. The molecular formula is C18H22N2O3. The van der Waals surface area contributed by atoms with Gasteiger partial charge in [-0.15, -0.1) is 0 Å². The first-order chi connectivity index (χ1) is 11.0. The summed E-state index contributed by atoms with van der Waals surface area (Å²) in [6, 6.07) is 11.1. The second kappa shape index (κ2) is 7.13. The fourth-order valence-electron chi connectivity index (χ4n) is 2.25. The molecule has 2 rings (SSSR count). The lowest BCUT2D eigenvalue weighted by molar-refractivity contribution is -0.125. The maximum atomic E-state index is 12.6. The first-order valence-corrected chi connectivity index (χ1v) is 7.39. The van der Waals surface area contributed by atoms with Gasteiger partial charge >= 0.3 is 0 Å². The van der Waals surface area contributed by atoms with Crippen LogP contribution in [0.15, 0.2) is 42.6 Å². The van der Waals surface area contributed by atoms with Crippen molar-refractivity contribution in [3.63, 3.8) is 0 Å². The van der Waals surface area contributed by atoms with Gasteiger partial charge in [-0.1, -0.05) is 12.1 Å². The molecule has 1 N–H and O–H groups in total. The third-order valence-corrected chi connectivity index (χ3v) is 3.83. The maximum absolute atomic E-state index is 12.6. The van der Waals surface area contributed by atoms with Gasteiger partial charge in [0.1, 0.15) is 0 Å². The van der Waals surface area contributed by atoms with Gasteiger partial charge in [0.05, 0.1) is 31.9 Å². The zero-order valence-electron chi connectivity index (χ0n) is 13.9. The molecule has 0 atom stereocenters. The zero-order chi connectivity index (χ0) is 16.9. The number of nitrogens with one attached hydrogen (secondary N) is 1. The van der Waals surface area contributed by atoms with Crippen molar-refractivity contribution in [2.75, 3.05) is 14.2 Å². The van der Waals surface area contributed by atoms with E-state index < -0.39 is 5.41 Å². The van der Waals surface area contributed by atoms with E-state index in [4.69, 9.17) is 9.47 Å². The van der Waals surface area contributed by atoms with E-state index in [1.54, 1.807) is 20.4 Å². The number of hydrogen-bond donors (Lipinski definition) is 1. The van der Waals surface area contributed by atoms with Gasteiger partial charge in [-0.25, -0.2) is 0 Å². The Hall–Kier alpha value is -2.56. The van der Waals surface area contributed by atoms with E-state index in [2.05, 4.69) is 10.3 Å². The van der Waals surface area contributed by atoms with E-state index in [0.717, 1.165) is 11.3 Å². The number of rotatable bonds is 6. The van der Waals surface area contributed by atoms with Crippen LogP contribution in [-0.4, -0.2) is 25.1 Å². The summed E-state index contributed by atoms with van der Waals surface area (Å²) in [6.07, 6.45) is 1.71. The molecule has 1 amide bonds. The molecule has 0 aliphatic rings. The maximum Gasteiger partial charge on any atom is 0.230 e. The highest BCUT2D eigenvalue weighted by molar-refractivity contribution is 5.87. The van der Waals surface area contributed by atoms with Crippen molar-refractivity contribution in [2.24, 2.45) is 0 Å². The number of ether oxygens (including phenoxy) is 2. The smallest absolute Gasteiger partial charge is 0.230 e. The predicted octanol–water partition coefficient (Wildman–Crippen LogP) is 2.69. The van der Waals surface area contributed by atoms with Crippen molar-refractivity contribution in [1.82, 2.24) is 10.3 Å². The van der Waals surface area contributed by atoms with Crippen molar-refractivity contribution >= 4 is 5.91 Å². The first-order valence-electron chi connectivity index (χ1n) is 7.39. The lowest BCUT2D eigenvalue weighted by Gasteiger charge is -2.25. The molecule has 0 aliphatic carbocycles. The predicted molar refractivity (Wildman–Crippen MR) is 88.7 cm³/mol. The number of carbonyl (C=O) groups excluding carboxylic acids is 1. The number of pyridine rings is 1. The molecule has 23 heavy (non-hydrogen) atoms. The minimum atomic E-state index is -0.700. The van der Waals surface area contributed by atoms with Gasteiger partial charge in [-0.2, -0.15) is 0 Å². The summed E-state index contributed by atoms with van der Waals surface area (Å²) in [7, 11) is 3.16. The topological polar surface area (TPSA) is 60.5 Å². The Bertz CT molecular complexity index is 669. The quantitative estimate of drug-likeness (QED) is 0.890. The van der Waals surface area contributed by atoms with Crippen molar-refractivity contribution in [1.29, 1.82) is 0 Å². The molecule has 0 unspecified atom stereocenters. The molecule has 1 aromatic heterocycles. The largest absolute Gasteiger partial charge is 0.493 e. The third kappa shape index (κ3) is 3.80. The third-order valence-electron chi connectivity index (χ3n) is 3.83. The molecule has 122 valence electrons. The van der Waals surface area contributed by atoms with Gasteiger partial charge < -0.3 is 14.8 Å². The van der Waals surface area contributed by atoms with Gasteiger partial charge in [0, 0.05) is 6.20 Å². The number of benzene rings is 1. The number of aromatic nitrogens is 1. The lowest BCUT2D eigenvalue weighted by Crippen LogP contribution is -2.39. The monoisotopic (exact) mass is 314 g/mol. The second-order valence-electron chi connectivity index (χ2n) is 5.70. The molecule has 0 fully saturated rings. The van der Waals surface area contributed by atoms with Gasteiger partial charge in [-0.3, -0.25) is 9.78 Å². The minimum absolute atomic E-state index is 0.0737. The number of hydrogen-bond acceptors (Lipinski definition) is 4. The Kier molecular flexibility index (Phi) is 5.21. The Balaban J connectivity index is 2.15. The number of carbonyl (C=O) groups is 1. The number of nitrogens with zero attached hydrogens (tertiary/aromatic N) is 1. The Morgan fingerprint density at radius 3 is 2.48 bits per heavy atom. The minimum Gasteiger partial charge on any atom is -0.493 e. The highest BCUT2D eigenvalue weighted by Crippen LogP contribution is 2.33. The van der Waals surface area contributed by atoms with Crippen molar-refractivity contribution in [3.8, 4) is 11.5 Å². The van der Waals surface area contributed by atoms with E-state index in [-0.39, 0.29) is 5.91 Å². The van der Waals surface area contributed by atoms with Gasteiger partial charge in [-0.05, 0) is 43.7 Å². The van der Waals surface area contributed by atoms with Crippen molar-refractivity contribution < 1.29 is 14.3 Å². The second-order valence-corrected chi connectivity index (χ2v) is 5.70. The standard InChI is InChI=1S/C18H22N2O3/c1-18(2,13-8-9-15(22-3)16(11-13)23-4)17(21)20-12-14-7-5-6-10-19-14/h5-11H,12H2,1-4H3,(H,20,21). The Morgan fingerprint density at radius 2 is 1.87 bits per heavy atom. The summed E-state index contributed by atoms with van der Waals surface area (Å²) in [5, 5.41) is 2.93. The zero-order valence-corrected chi connectivity index (χ0v) is 13.9. The molecule has 1 aromatic carbocycles. The van der Waals surface area contributed by atoms with Crippen LogP contribution in [-0.2, 0) is 16.8 Å². The van der Waals surface area contributed by atoms with E-state index in [9.17, 15) is 4.79 Å². The lowest BCUT2D eigenvalue weighted by atomic mass is 9.83. The van der Waals surface area contributed by atoms with Crippen LogP contribution in [0.4, 0.5) is 0 Å². The Labute approximate surface area is 136 Å². The fraction of sp³-hybridized carbons (Fsp3) is 0.333. The molecule has 2 aromatic rings. The van der Waals surface area contributed by atoms with Crippen LogP contribution in [0.5, 0.6) is 11.5 Å². The van der Waals surface area contributed by atoms with Gasteiger partial charge in [0.25, 0.3) is 0 Å². The normalized spacial score (nSPS) is 11.0. The highest BCUT2D eigenvalue weighted by atomic mass is 16.5. The summed E-state index contributed by atoms with van der Waals surface area (Å²) in [5.74, 6) is 1.17. The van der Waals surface area contributed by atoms with Gasteiger partial charge in [0.2, 0.25) is 5.91 Å². The summed E-state index contributed by atoms with van der Waals surface area (Å²) in [5.41, 5.74) is 0.978. The van der Waals surface area contributed by atoms with Crippen LogP contribution in [0.2, 0.25) is 0 Å². The molecule has 1 heterocycles. The highest BCUT2D eigenvalue weighted by Gasteiger charge is 2.30. The molecule has 5 heteroatoms. The molecule has 0 saturated heterocycles. The average molecular weight is 314 g/mol. The Morgan fingerprint density at radius 1 is 1.13 bits per heavy atom. The average Bonchev–Trinajstić information content (AvgIpc) is 2.59. The molecular weight excluding hydrogens is 292 g/mol. The van der Waals surface area contributed by atoms with Crippen LogP contribution in [0.25, 0.3) is 0 Å². The number of methoxy groups -OCH3 is 2. The fourth-order valence-corrected chi connectivity index (χ4v) is 2.25. The molecule has 0 bridgehead atoms. The van der Waals surface area contributed by atoms with Crippen LogP contribution in [0, 0.1) is 0 Å². The van der Waals surface area contributed by atoms with Crippen LogP contribution in [0.3, 0.4) is 0 Å². The van der Waals surface area contributed by atoms with Crippen LogP contribution < -0.4 is 14.8 Å². The van der Waals surface area contributed by atoms with E-state index in [1.807, 2.05) is 50.2 Å². The van der Waals surface area contributed by atoms with Crippen molar-refractivity contribution in [3.05, 3.63) is 53.9 Å². The number of amides is 1. The van der Waals surface area contributed by atoms with Crippen LogP contribution in [0.1, 0.15) is 25.1 Å². The van der Waals surface area contributed by atoms with E-state index >= 15 is 0 Å². The summed E-state index contributed by atoms with van der Waals surface area (Å²) in [4.78, 5) is 16.8. The SMILES string of the molecule is COc1ccc(C(C)(C)C(=O)NCc2ccccn2)cc1OC.